The molecule has 1 nitrogen and oxygen atoms in total. The van der Waals surface area contributed by atoms with Crippen LogP contribution in [0.5, 0.6) is 0 Å². The van der Waals surface area contributed by atoms with Crippen LogP contribution in [0.25, 0.3) is 0 Å². The van der Waals surface area contributed by atoms with E-state index >= 15 is 0 Å². The zero-order valence-electron chi connectivity index (χ0n) is 12.8. The second-order valence-electron chi connectivity index (χ2n) is 7.21. The molecule has 18 heavy (non-hydrogen) atoms. The fourth-order valence-corrected chi connectivity index (χ4v) is 4.13. The Balaban J connectivity index is 1.75. The molecule has 3 atom stereocenters. The average Bonchev–Trinajstić information content (AvgIpc) is 2.77. The lowest BCUT2D eigenvalue weighted by molar-refractivity contribution is 0.311. The fraction of sp³-hybridized carbons (Fsp3) is 1.00. The Morgan fingerprint density at radius 2 is 1.39 bits per heavy atom. The van der Waals surface area contributed by atoms with Crippen LogP contribution in [-0.2, 0) is 0 Å². The molecule has 0 bridgehead atoms. The summed E-state index contributed by atoms with van der Waals surface area (Å²) in [5.74, 6) is 2.84. The van der Waals surface area contributed by atoms with E-state index < -0.39 is 0 Å². The predicted molar refractivity (Wildman–Crippen MR) is 79.8 cm³/mol. The van der Waals surface area contributed by atoms with Crippen LogP contribution >= 0.6 is 0 Å². The van der Waals surface area contributed by atoms with E-state index in [4.69, 9.17) is 0 Å². The first kappa shape index (κ1) is 14.4. The molecular formula is C17H33N. The number of nitrogens with one attached hydrogen (secondary N) is 1. The van der Waals surface area contributed by atoms with E-state index in [1.807, 2.05) is 0 Å². The van der Waals surface area contributed by atoms with E-state index in [-0.39, 0.29) is 0 Å². The lowest BCUT2D eigenvalue weighted by atomic mass is 9.89. The highest BCUT2D eigenvalue weighted by molar-refractivity contribution is 4.83. The van der Waals surface area contributed by atoms with Crippen molar-refractivity contribution in [3.8, 4) is 0 Å². The average molecular weight is 251 g/mol. The second kappa shape index (κ2) is 6.93. The largest absolute Gasteiger partial charge is 0.311 e. The summed E-state index contributed by atoms with van der Waals surface area (Å²) in [5.41, 5.74) is 0. The van der Waals surface area contributed by atoms with Gasteiger partial charge in [-0.25, -0.2) is 0 Å². The van der Waals surface area contributed by atoms with E-state index in [1.54, 1.807) is 0 Å². The molecule has 0 aromatic carbocycles. The minimum absolute atomic E-state index is 0.758. The van der Waals surface area contributed by atoms with Gasteiger partial charge in [-0.3, -0.25) is 0 Å². The van der Waals surface area contributed by atoms with Crippen molar-refractivity contribution in [1.29, 1.82) is 0 Å². The molecular weight excluding hydrogens is 218 g/mol. The van der Waals surface area contributed by atoms with Crippen molar-refractivity contribution in [2.45, 2.75) is 90.6 Å². The number of hydrogen-bond donors (Lipinski definition) is 1. The Labute approximate surface area is 114 Å². The molecule has 0 amide bonds. The molecule has 0 spiro atoms. The highest BCUT2D eigenvalue weighted by Crippen LogP contribution is 2.31. The first-order valence-electron chi connectivity index (χ1n) is 8.43. The van der Waals surface area contributed by atoms with Crippen molar-refractivity contribution in [3.05, 3.63) is 0 Å². The van der Waals surface area contributed by atoms with Gasteiger partial charge in [0.05, 0.1) is 0 Å². The molecule has 0 heterocycles. The fourth-order valence-electron chi connectivity index (χ4n) is 4.13. The van der Waals surface area contributed by atoms with Gasteiger partial charge in [-0.05, 0) is 56.8 Å². The zero-order chi connectivity index (χ0) is 13.0. The normalized spacial score (nSPS) is 32.7. The lowest BCUT2D eigenvalue weighted by Crippen LogP contribution is -2.40. The van der Waals surface area contributed by atoms with Gasteiger partial charge in [-0.1, -0.05) is 39.5 Å². The van der Waals surface area contributed by atoms with E-state index in [1.165, 1.54) is 57.8 Å². The molecule has 2 rings (SSSR count). The van der Waals surface area contributed by atoms with E-state index in [0.29, 0.717) is 0 Å². The first-order chi connectivity index (χ1) is 8.66. The van der Waals surface area contributed by atoms with Crippen LogP contribution in [0.2, 0.25) is 0 Å². The summed E-state index contributed by atoms with van der Waals surface area (Å²) in [6.07, 6.45) is 13.1. The SMILES string of the molecule is CC(C)C1CCCC(NC(C)C2CCCC2)CC1. The second-order valence-corrected chi connectivity index (χ2v) is 7.21. The van der Waals surface area contributed by atoms with Crippen molar-refractivity contribution in [2.24, 2.45) is 17.8 Å². The maximum atomic E-state index is 3.96. The number of hydrogen-bond acceptors (Lipinski definition) is 1. The maximum Gasteiger partial charge on any atom is 0.00697 e. The Kier molecular flexibility index (Phi) is 5.54. The monoisotopic (exact) mass is 251 g/mol. The van der Waals surface area contributed by atoms with E-state index in [9.17, 15) is 0 Å². The molecule has 1 heteroatoms. The predicted octanol–water partition coefficient (Wildman–Crippen LogP) is 4.76. The summed E-state index contributed by atoms with van der Waals surface area (Å²) in [6, 6.07) is 1.57. The summed E-state index contributed by atoms with van der Waals surface area (Å²) in [5, 5.41) is 3.96. The van der Waals surface area contributed by atoms with Crippen molar-refractivity contribution >= 4 is 0 Å². The number of rotatable bonds is 4. The van der Waals surface area contributed by atoms with Crippen molar-refractivity contribution in [2.75, 3.05) is 0 Å². The van der Waals surface area contributed by atoms with Gasteiger partial charge in [0.25, 0.3) is 0 Å². The molecule has 2 fully saturated rings. The van der Waals surface area contributed by atoms with Crippen LogP contribution < -0.4 is 5.32 Å². The molecule has 2 aliphatic carbocycles. The zero-order valence-corrected chi connectivity index (χ0v) is 12.8. The first-order valence-corrected chi connectivity index (χ1v) is 8.43. The van der Waals surface area contributed by atoms with Gasteiger partial charge in [0, 0.05) is 12.1 Å². The van der Waals surface area contributed by atoms with Crippen molar-refractivity contribution in [3.63, 3.8) is 0 Å². The molecule has 2 aliphatic rings. The summed E-state index contributed by atoms with van der Waals surface area (Å²) in [6.45, 7) is 7.24. The van der Waals surface area contributed by atoms with E-state index in [0.717, 1.165) is 29.8 Å². The molecule has 2 saturated carbocycles. The van der Waals surface area contributed by atoms with Crippen molar-refractivity contribution in [1.82, 2.24) is 5.32 Å². The third-order valence-corrected chi connectivity index (χ3v) is 5.56. The highest BCUT2D eigenvalue weighted by Gasteiger charge is 2.25. The quantitative estimate of drug-likeness (QED) is 0.710. The standard InChI is InChI=1S/C17H33N/c1-13(2)15-9-6-10-17(12-11-15)18-14(3)16-7-4-5-8-16/h13-18H,4-12H2,1-3H3. The minimum atomic E-state index is 0.758. The molecule has 0 radical (unpaired) electrons. The van der Waals surface area contributed by atoms with Gasteiger partial charge >= 0.3 is 0 Å². The van der Waals surface area contributed by atoms with Gasteiger partial charge in [0.1, 0.15) is 0 Å². The molecule has 0 aromatic rings. The summed E-state index contributed by atoms with van der Waals surface area (Å²) in [7, 11) is 0. The van der Waals surface area contributed by atoms with Crippen LogP contribution in [0.4, 0.5) is 0 Å². The summed E-state index contributed by atoms with van der Waals surface area (Å²) < 4.78 is 0. The van der Waals surface area contributed by atoms with E-state index in [2.05, 4.69) is 26.1 Å². The smallest absolute Gasteiger partial charge is 0.00697 e. The molecule has 0 aromatic heterocycles. The molecule has 106 valence electrons. The molecule has 1 N–H and O–H groups in total. The third-order valence-electron chi connectivity index (χ3n) is 5.56. The van der Waals surface area contributed by atoms with Gasteiger partial charge in [0.2, 0.25) is 0 Å². The third kappa shape index (κ3) is 3.98. The van der Waals surface area contributed by atoms with Gasteiger partial charge < -0.3 is 5.32 Å². The highest BCUT2D eigenvalue weighted by atomic mass is 15.0. The Hall–Kier alpha value is -0.0400. The van der Waals surface area contributed by atoms with Gasteiger partial charge in [-0.15, -0.1) is 0 Å². The Morgan fingerprint density at radius 1 is 0.722 bits per heavy atom. The molecule has 3 unspecified atom stereocenters. The Morgan fingerprint density at radius 3 is 2.06 bits per heavy atom. The lowest BCUT2D eigenvalue weighted by Gasteiger charge is -2.26. The summed E-state index contributed by atoms with van der Waals surface area (Å²) >= 11 is 0. The van der Waals surface area contributed by atoms with Crippen LogP contribution in [0, 0.1) is 17.8 Å². The van der Waals surface area contributed by atoms with Crippen molar-refractivity contribution < 1.29 is 0 Å². The van der Waals surface area contributed by atoms with Gasteiger partial charge in [-0.2, -0.15) is 0 Å². The van der Waals surface area contributed by atoms with Crippen LogP contribution in [0.15, 0.2) is 0 Å². The van der Waals surface area contributed by atoms with Crippen LogP contribution in [0.1, 0.15) is 78.6 Å². The summed E-state index contributed by atoms with van der Waals surface area (Å²) in [4.78, 5) is 0. The minimum Gasteiger partial charge on any atom is -0.311 e. The maximum absolute atomic E-state index is 3.96. The van der Waals surface area contributed by atoms with Gasteiger partial charge in [0.15, 0.2) is 0 Å². The van der Waals surface area contributed by atoms with Crippen LogP contribution in [-0.4, -0.2) is 12.1 Å². The molecule has 0 aliphatic heterocycles. The Bertz CT molecular complexity index is 230. The van der Waals surface area contributed by atoms with Crippen LogP contribution in [0.3, 0.4) is 0 Å². The molecule has 0 saturated heterocycles. The topological polar surface area (TPSA) is 12.0 Å².